The first-order chi connectivity index (χ1) is 8.49. The molecule has 0 spiro atoms. The molecule has 0 radical (unpaired) electrons. The minimum absolute atomic E-state index is 0.138. The number of amides is 1. The molecule has 0 aliphatic carbocycles. The summed E-state index contributed by atoms with van der Waals surface area (Å²) in [6.07, 6.45) is -1.75. The lowest BCUT2D eigenvalue weighted by molar-refractivity contribution is -0.132. The van der Waals surface area contributed by atoms with Gasteiger partial charge in [-0.15, -0.1) is 0 Å². The van der Waals surface area contributed by atoms with Gasteiger partial charge in [0.2, 0.25) is 5.91 Å². The number of carbonyl (C=O) groups excluding carboxylic acids is 1. The Bertz CT molecular complexity index is 422. The second-order valence-corrected chi connectivity index (χ2v) is 4.77. The molecule has 18 heavy (non-hydrogen) atoms. The van der Waals surface area contributed by atoms with E-state index in [0.29, 0.717) is 0 Å². The molecule has 0 saturated carbocycles. The van der Waals surface area contributed by atoms with Gasteiger partial charge in [-0.3, -0.25) is 4.79 Å². The average Bonchev–Trinajstić information content (AvgIpc) is 2.69. The second-order valence-electron chi connectivity index (χ2n) is 4.77. The number of aryl methyl sites for hydroxylation is 1. The third-order valence-corrected chi connectivity index (χ3v) is 3.27. The van der Waals surface area contributed by atoms with Gasteiger partial charge in [-0.1, -0.05) is 29.8 Å². The van der Waals surface area contributed by atoms with E-state index in [1.165, 1.54) is 4.90 Å². The summed E-state index contributed by atoms with van der Waals surface area (Å²) in [6.45, 7) is 2.24. The van der Waals surface area contributed by atoms with Gasteiger partial charge >= 0.3 is 0 Å². The zero-order valence-corrected chi connectivity index (χ0v) is 10.3. The Morgan fingerprint density at radius 3 is 2.28 bits per heavy atom. The lowest BCUT2D eigenvalue weighted by Crippen LogP contribution is -2.37. The summed E-state index contributed by atoms with van der Waals surface area (Å²) in [7, 11) is 0. The fraction of sp³-hybridized carbons (Fsp3) is 0.462. The van der Waals surface area contributed by atoms with Crippen LogP contribution >= 0.6 is 0 Å². The molecule has 0 aromatic heterocycles. The van der Waals surface area contributed by atoms with E-state index in [9.17, 15) is 15.0 Å². The number of rotatable bonds is 2. The fourth-order valence-electron chi connectivity index (χ4n) is 2.06. The van der Waals surface area contributed by atoms with E-state index in [1.54, 1.807) is 0 Å². The van der Waals surface area contributed by atoms with Crippen LogP contribution in [0.5, 0.6) is 0 Å². The second kappa shape index (κ2) is 5.06. The summed E-state index contributed by atoms with van der Waals surface area (Å²) in [4.78, 5) is 13.5. The molecule has 5 nitrogen and oxygen atoms in total. The maximum Gasteiger partial charge on any atom is 0.244 e. The van der Waals surface area contributed by atoms with Crippen LogP contribution in [0.2, 0.25) is 0 Å². The maximum absolute atomic E-state index is 12.1. The van der Waals surface area contributed by atoms with Gasteiger partial charge in [-0.25, -0.2) is 0 Å². The molecule has 1 heterocycles. The summed E-state index contributed by atoms with van der Waals surface area (Å²) in [6, 6.07) is 6.69. The van der Waals surface area contributed by atoms with Gasteiger partial charge in [0.05, 0.1) is 12.2 Å². The normalized spacial score (nSPS) is 25.2. The van der Waals surface area contributed by atoms with Crippen molar-refractivity contribution in [2.75, 3.05) is 13.1 Å². The number of hydrogen-bond acceptors (Lipinski definition) is 4. The largest absolute Gasteiger partial charge is 0.388 e. The maximum atomic E-state index is 12.1. The Balaban J connectivity index is 2.07. The Hall–Kier alpha value is -1.43. The van der Waals surface area contributed by atoms with Gasteiger partial charge in [-0.05, 0) is 12.5 Å². The van der Waals surface area contributed by atoms with E-state index < -0.39 is 18.2 Å². The summed E-state index contributed by atoms with van der Waals surface area (Å²) < 4.78 is 0. The van der Waals surface area contributed by atoms with E-state index in [2.05, 4.69) is 0 Å². The Morgan fingerprint density at radius 1 is 1.28 bits per heavy atom. The van der Waals surface area contributed by atoms with Crippen molar-refractivity contribution in [1.82, 2.24) is 4.90 Å². The molecule has 4 N–H and O–H groups in total. The van der Waals surface area contributed by atoms with E-state index in [0.717, 1.165) is 11.1 Å². The molecular weight excluding hydrogens is 232 g/mol. The summed E-state index contributed by atoms with van der Waals surface area (Å²) in [5, 5.41) is 18.8. The fourth-order valence-corrected chi connectivity index (χ4v) is 2.06. The van der Waals surface area contributed by atoms with Crippen LogP contribution in [-0.4, -0.2) is 46.3 Å². The molecule has 0 bridgehead atoms. The van der Waals surface area contributed by atoms with Crippen LogP contribution in [0.4, 0.5) is 0 Å². The lowest BCUT2D eigenvalue weighted by atomic mass is 10.1. The van der Waals surface area contributed by atoms with Crippen molar-refractivity contribution in [3.63, 3.8) is 0 Å². The summed E-state index contributed by atoms with van der Waals surface area (Å²) in [5.41, 5.74) is 7.74. The van der Waals surface area contributed by atoms with E-state index in [4.69, 9.17) is 5.73 Å². The number of carbonyl (C=O) groups is 1. The van der Waals surface area contributed by atoms with Gasteiger partial charge < -0.3 is 20.8 Å². The third-order valence-electron chi connectivity index (χ3n) is 3.27. The topological polar surface area (TPSA) is 86.8 Å². The van der Waals surface area contributed by atoms with Crippen molar-refractivity contribution in [2.24, 2.45) is 5.73 Å². The first-order valence-corrected chi connectivity index (χ1v) is 5.96. The van der Waals surface area contributed by atoms with E-state index >= 15 is 0 Å². The first-order valence-electron chi connectivity index (χ1n) is 5.96. The number of hydrogen-bond donors (Lipinski definition) is 3. The molecule has 1 aromatic carbocycles. The number of likely N-dealkylation sites (tertiary alicyclic amines) is 1. The SMILES string of the molecule is Cc1ccc(C(N)C(=O)N2CC(O)C(O)C2)cc1. The lowest BCUT2D eigenvalue weighted by Gasteiger charge is -2.20. The smallest absolute Gasteiger partial charge is 0.244 e. The minimum atomic E-state index is -0.876. The van der Waals surface area contributed by atoms with Gasteiger partial charge in [0.25, 0.3) is 0 Å². The van der Waals surface area contributed by atoms with Crippen LogP contribution in [-0.2, 0) is 4.79 Å². The van der Waals surface area contributed by atoms with Crippen molar-refractivity contribution in [1.29, 1.82) is 0 Å². The highest BCUT2D eigenvalue weighted by Crippen LogP contribution is 2.18. The van der Waals surface area contributed by atoms with Crippen molar-refractivity contribution < 1.29 is 15.0 Å². The Kier molecular flexibility index (Phi) is 3.65. The standard InChI is InChI=1S/C13H18N2O3/c1-8-2-4-9(5-3-8)12(14)13(18)15-6-10(16)11(17)7-15/h2-5,10-12,16-17H,6-7,14H2,1H3. The molecule has 1 aromatic rings. The first kappa shape index (κ1) is 13.0. The number of benzene rings is 1. The van der Waals surface area contributed by atoms with Gasteiger partial charge in [0.15, 0.2) is 0 Å². The summed E-state index contributed by atoms with van der Waals surface area (Å²) >= 11 is 0. The minimum Gasteiger partial charge on any atom is -0.388 e. The zero-order valence-electron chi connectivity index (χ0n) is 10.3. The van der Waals surface area contributed by atoms with E-state index in [1.807, 2.05) is 31.2 Å². The predicted molar refractivity (Wildman–Crippen MR) is 66.7 cm³/mol. The number of nitrogens with two attached hydrogens (primary N) is 1. The summed E-state index contributed by atoms with van der Waals surface area (Å²) in [5.74, 6) is -0.269. The molecule has 2 rings (SSSR count). The predicted octanol–water partition coefficient (Wildman–Crippen LogP) is -0.441. The van der Waals surface area contributed by atoms with Gasteiger partial charge in [0.1, 0.15) is 6.04 Å². The average molecular weight is 250 g/mol. The van der Waals surface area contributed by atoms with E-state index in [-0.39, 0.29) is 19.0 Å². The molecule has 3 atom stereocenters. The quantitative estimate of drug-likeness (QED) is 0.664. The molecule has 1 saturated heterocycles. The molecular formula is C13H18N2O3. The molecule has 98 valence electrons. The number of aliphatic hydroxyl groups is 2. The van der Waals surface area contributed by atoms with Crippen LogP contribution in [0.15, 0.2) is 24.3 Å². The highest BCUT2D eigenvalue weighted by Gasteiger charge is 2.34. The highest BCUT2D eigenvalue weighted by atomic mass is 16.3. The van der Waals surface area contributed by atoms with Crippen LogP contribution in [0.3, 0.4) is 0 Å². The number of nitrogens with zero attached hydrogens (tertiary/aromatic N) is 1. The van der Waals surface area contributed by atoms with Crippen molar-refractivity contribution >= 4 is 5.91 Å². The van der Waals surface area contributed by atoms with Crippen LogP contribution in [0.25, 0.3) is 0 Å². The molecule has 1 aliphatic heterocycles. The third kappa shape index (κ3) is 2.53. The highest BCUT2D eigenvalue weighted by molar-refractivity contribution is 5.83. The zero-order chi connectivity index (χ0) is 13.3. The van der Waals surface area contributed by atoms with Crippen LogP contribution in [0, 0.1) is 6.92 Å². The molecule has 1 amide bonds. The Labute approximate surface area is 106 Å². The van der Waals surface area contributed by atoms with Crippen molar-refractivity contribution in [2.45, 2.75) is 25.2 Å². The molecule has 3 unspecified atom stereocenters. The number of aliphatic hydroxyl groups excluding tert-OH is 2. The monoisotopic (exact) mass is 250 g/mol. The van der Waals surface area contributed by atoms with Crippen LogP contribution in [0.1, 0.15) is 17.2 Å². The molecule has 1 fully saturated rings. The van der Waals surface area contributed by atoms with Crippen molar-refractivity contribution in [3.05, 3.63) is 35.4 Å². The van der Waals surface area contributed by atoms with Crippen LogP contribution < -0.4 is 5.73 Å². The number of β-amino-alcohol motifs (C(OH)–C–C–N with tert-alkyl or cyclic N) is 2. The molecule has 5 heteroatoms. The Morgan fingerprint density at radius 2 is 1.78 bits per heavy atom. The van der Waals surface area contributed by atoms with Crippen molar-refractivity contribution in [3.8, 4) is 0 Å². The van der Waals surface area contributed by atoms with Gasteiger partial charge in [-0.2, -0.15) is 0 Å². The molecule has 1 aliphatic rings. The van der Waals surface area contributed by atoms with Gasteiger partial charge in [0, 0.05) is 13.1 Å².